The number of aromatic nitrogens is 1. The quantitative estimate of drug-likeness (QED) is 0.379. The van der Waals surface area contributed by atoms with Gasteiger partial charge in [-0.1, -0.05) is 23.2 Å². The Balaban J connectivity index is 1.56. The van der Waals surface area contributed by atoms with Crippen LogP contribution in [0.2, 0.25) is 10.0 Å². The molecule has 0 radical (unpaired) electrons. The highest BCUT2D eigenvalue weighted by molar-refractivity contribution is 6.36. The van der Waals surface area contributed by atoms with E-state index in [0.29, 0.717) is 61.7 Å². The Morgan fingerprint density at radius 2 is 1.75 bits per heavy atom. The van der Waals surface area contributed by atoms with Crippen LogP contribution in [0.4, 0.5) is 11.4 Å². The third kappa shape index (κ3) is 5.88. The van der Waals surface area contributed by atoms with Crippen LogP contribution in [-0.2, 0) is 0 Å². The summed E-state index contributed by atoms with van der Waals surface area (Å²) in [7, 11) is 5.27. The van der Waals surface area contributed by atoms with Crippen molar-refractivity contribution >= 4 is 45.5 Å². The number of piperazine rings is 1. The van der Waals surface area contributed by atoms with Gasteiger partial charge in [-0.05, 0) is 25.6 Å². The molecule has 190 valence electrons. The van der Waals surface area contributed by atoms with Crippen LogP contribution in [0.1, 0.15) is 12.0 Å². The Bertz CT molecular complexity index is 1270. The van der Waals surface area contributed by atoms with Gasteiger partial charge in [0, 0.05) is 56.4 Å². The van der Waals surface area contributed by atoms with Crippen molar-refractivity contribution in [2.45, 2.75) is 6.42 Å². The van der Waals surface area contributed by atoms with Gasteiger partial charge in [0.1, 0.15) is 11.8 Å². The maximum Gasteiger partial charge on any atom is 0.163 e. The molecule has 1 saturated heterocycles. The molecular weight excluding hydrogens is 501 g/mol. The van der Waals surface area contributed by atoms with Crippen LogP contribution in [0.5, 0.6) is 17.2 Å². The number of halogens is 2. The van der Waals surface area contributed by atoms with Crippen LogP contribution in [0.15, 0.2) is 30.5 Å². The maximum atomic E-state index is 9.74. The first-order valence-corrected chi connectivity index (χ1v) is 12.4. The van der Waals surface area contributed by atoms with Gasteiger partial charge < -0.3 is 29.3 Å². The maximum absolute atomic E-state index is 9.74. The molecule has 0 amide bonds. The molecule has 1 aliphatic rings. The van der Waals surface area contributed by atoms with Crippen LogP contribution in [0.25, 0.3) is 10.9 Å². The SMILES string of the molecule is COc1cc(Cl)c(Nc2c(C#N)cnc3cc(OCCCN4CCN(C)CC4)c(OC)cc23)cc1Cl. The zero-order chi connectivity index (χ0) is 25.7. The highest BCUT2D eigenvalue weighted by atomic mass is 35.5. The van der Waals surface area contributed by atoms with Crippen LogP contribution in [0.3, 0.4) is 0 Å². The van der Waals surface area contributed by atoms with Crippen LogP contribution in [-0.4, -0.2) is 75.4 Å². The number of ether oxygens (including phenoxy) is 3. The highest BCUT2D eigenvalue weighted by Crippen LogP contribution is 2.40. The van der Waals surface area contributed by atoms with Gasteiger partial charge in [-0.15, -0.1) is 0 Å². The molecule has 0 unspecified atom stereocenters. The van der Waals surface area contributed by atoms with Crippen LogP contribution < -0.4 is 19.5 Å². The number of likely N-dealkylation sites (N-methyl/N-ethyl adjacent to an activating group) is 1. The predicted octanol–water partition coefficient (Wildman–Crippen LogP) is 5.19. The average molecular weight is 530 g/mol. The lowest BCUT2D eigenvalue weighted by molar-refractivity contribution is 0.145. The van der Waals surface area contributed by atoms with Crippen molar-refractivity contribution in [1.29, 1.82) is 5.26 Å². The molecule has 10 heteroatoms. The van der Waals surface area contributed by atoms with Gasteiger partial charge in [0.25, 0.3) is 0 Å². The van der Waals surface area contributed by atoms with E-state index in [0.717, 1.165) is 39.1 Å². The van der Waals surface area contributed by atoms with E-state index in [4.69, 9.17) is 37.4 Å². The van der Waals surface area contributed by atoms with Crippen molar-refractivity contribution in [1.82, 2.24) is 14.8 Å². The average Bonchev–Trinajstić information content (AvgIpc) is 2.89. The van der Waals surface area contributed by atoms with E-state index >= 15 is 0 Å². The summed E-state index contributed by atoms with van der Waals surface area (Å²) in [6, 6.07) is 9.12. The largest absolute Gasteiger partial charge is 0.495 e. The molecule has 1 N–H and O–H groups in total. The van der Waals surface area contributed by atoms with Gasteiger partial charge in [0.05, 0.1) is 53.3 Å². The molecule has 2 heterocycles. The van der Waals surface area contributed by atoms with Crippen molar-refractivity contribution in [3.8, 4) is 23.3 Å². The van der Waals surface area contributed by atoms with Crippen molar-refractivity contribution in [3.63, 3.8) is 0 Å². The molecule has 1 aliphatic heterocycles. The summed E-state index contributed by atoms with van der Waals surface area (Å²) < 4.78 is 16.9. The van der Waals surface area contributed by atoms with Crippen molar-refractivity contribution in [3.05, 3.63) is 46.1 Å². The summed E-state index contributed by atoms with van der Waals surface area (Å²) in [5, 5.41) is 14.5. The normalized spacial score (nSPS) is 14.4. The Morgan fingerprint density at radius 3 is 2.44 bits per heavy atom. The highest BCUT2D eigenvalue weighted by Gasteiger charge is 2.17. The summed E-state index contributed by atoms with van der Waals surface area (Å²) in [6.45, 7) is 5.92. The van der Waals surface area contributed by atoms with Gasteiger partial charge in [-0.25, -0.2) is 0 Å². The Kier molecular flexibility index (Phi) is 8.60. The van der Waals surface area contributed by atoms with E-state index in [2.05, 4.69) is 33.2 Å². The van der Waals surface area contributed by atoms with E-state index in [1.165, 1.54) is 13.3 Å². The second-order valence-electron chi connectivity index (χ2n) is 8.62. The molecule has 0 aliphatic carbocycles. The van der Waals surface area contributed by atoms with E-state index < -0.39 is 0 Å². The summed E-state index contributed by atoms with van der Waals surface area (Å²) in [5.41, 5.74) is 2.09. The number of rotatable bonds is 9. The number of hydrogen-bond donors (Lipinski definition) is 1. The topological polar surface area (TPSA) is 82.9 Å². The lowest BCUT2D eigenvalue weighted by atomic mass is 10.1. The molecule has 0 saturated carbocycles. The zero-order valence-corrected chi connectivity index (χ0v) is 22.1. The predicted molar refractivity (Wildman–Crippen MR) is 143 cm³/mol. The molecule has 0 bridgehead atoms. The molecule has 8 nitrogen and oxygen atoms in total. The molecule has 2 aromatic carbocycles. The second-order valence-corrected chi connectivity index (χ2v) is 9.43. The number of benzene rings is 2. The fraction of sp³-hybridized carbons (Fsp3) is 0.385. The fourth-order valence-corrected chi connectivity index (χ4v) is 4.59. The van der Waals surface area contributed by atoms with Crippen LogP contribution >= 0.6 is 23.2 Å². The van der Waals surface area contributed by atoms with E-state index in [1.54, 1.807) is 19.2 Å². The van der Waals surface area contributed by atoms with E-state index in [-0.39, 0.29) is 0 Å². The number of fused-ring (bicyclic) bond motifs is 1. The number of anilines is 2. The molecule has 4 rings (SSSR count). The summed E-state index contributed by atoms with van der Waals surface area (Å²) in [4.78, 5) is 9.28. The Hall–Kier alpha value is -2.96. The first kappa shape index (κ1) is 26.1. The molecule has 36 heavy (non-hydrogen) atoms. The third-order valence-corrected chi connectivity index (χ3v) is 6.86. The van der Waals surface area contributed by atoms with Gasteiger partial charge >= 0.3 is 0 Å². The van der Waals surface area contributed by atoms with Crippen molar-refractivity contribution in [2.24, 2.45) is 0 Å². The molecule has 0 atom stereocenters. The fourth-order valence-electron chi connectivity index (χ4n) is 4.15. The van der Waals surface area contributed by atoms with Crippen molar-refractivity contribution in [2.75, 3.05) is 65.9 Å². The first-order valence-electron chi connectivity index (χ1n) is 11.7. The number of pyridine rings is 1. The second kappa shape index (κ2) is 11.8. The standard InChI is InChI=1S/C26H29Cl2N5O3/c1-32-6-8-33(9-7-32)5-4-10-36-25-14-21-18(11-24(25)35-3)26(17(15-29)16-30-21)31-22-12-20(28)23(34-2)13-19(22)27/h11-14,16H,4-10H2,1-3H3,(H,30,31). The minimum atomic E-state index is 0.355. The summed E-state index contributed by atoms with van der Waals surface area (Å²) in [6.07, 6.45) is 2.43. The molecule has 1 fully saturated rings. The zero-order valence-electron chi connectivity index (χ0n) is 20.6. The van der Waals surface area contributed by atoms with E-state index in [9.17, 15) is 5.26 Å². The minimum Gasteiger partial charge on any atom is -0.495 e. The lowest BCUT2D eigenvalue weighted by Crippen LogP contribution is -2.44. The Labute approximate surface area is 221 Å². The summed E-state index contributed by atoms with van der Waals surface area (Å²) in [5.74, 6) is 1.63. The smallest absolute Gasteiger partial charge is 0.163 e. The number of nitriles is 1. The Morgan fingerprint density at radius 1 is 1.00 bits per heavy atom. The van der Waals surface area contributed by atoms with Crippen molar-refractivity contribution < 1.29 is 14.2 Å². The van der Waals surface area contributed by atoms with Gasteiger partial charge in [-0.2, -0.15) is 5.26 Å². The van der Waals surface area contributed by atoms with Crippen LogP contribution in [0, 0.1) is 11.3 Å². The van der Waals surface area contributed by atoms with Gasteiger partial charge in [-0.3, -0.25) is 4.98 Å². The molecule has 3 aromatic rings. The third-order valence-electron chi connectivity index (χ3n) is 6.25. The number of hydrogen-bond acceptors (Lipinski definition) is 8. The number of nitrogens with one attached hydrogen (secondary N) is 1. The first-order chi connectivity index (χ1) is 17.4. The monoisotopic (exact) mass is 529 g/mol. The van der Waals surface area contributed by atoms with E-state index in [1.807, 2.05) is 12.1 Å². The van der Waals surface area contributed by atoms with Gasteiger partial charge in [0.2, 0.25) is 0 Å². The lowest BCUT2D eigenvalue weighted by Gasteiger charge is -2.32. The number of nitrogens with zero attached hydrogens (tertiary/aromatic N) is 4. The number of methoxy groups -OCH3 is 2. The molecule has 1 aromatic heterocycles. The molecule has 0 spiro atoms. The van der Waals surface area contributed by atoms with Gasteiger partial charge in [0.15, 0.2) is 11.5 Å². The summed E-state index contributed by atoms with van der Waals surface area (Å²) >= 11 is 12.7. The molecular formula is C26H29Cl2N5O3. The minimum absolute atomic E-state index is 0.355.